The van der Waals surface area contributed by atoms with E-state index in [0.29, 0.717) is 5.69 Å². The minimum atomic E-state index is -0.498. The number of nitrogens with one attached hydrogen (secondary N) is 1. The molecule has 0 atom stereocenters. The van der Waals surface area contributed by atoms with E-state index in [0.717, 1.165) is 44.7 Å². The topological polar surface area (TPSA) is 67.2 Å². The number of aryl methyl sites for hydroxylation is 3. The molecule has 0 spiro atoms. The summed E-state index contributed by atoms with van der Waals surface area (Å²) < 4.78 is 2.11. The van der Waals surface area contributed by atoms with E-state index in [-0.39, 0.29) is 10.7 Å². The van der Waals surface area contributed by atoms with Crippen LogP contribution in [0.15, 0.2) is 66.4 Å². The van der Waals surface area contributed by atoms with Crippen LogP contribution in [-0.2, 0) is 9.59 Å². The predicted octanol–water partition coefficient (Wildman–Crippen LogP) is 5.09. The molecule has 5 rings (SSSR count). The SMILES string of the molecule is Cc1cc(C)cc(N2C(=O)/C(=C/c3cc(C)n(-c4ccc5ncccc5c4)c3C)C(=O)NC2=S)c1. The lowest BCUT2D eigenvalue weighted by Gasteiger charge is -2.29. The van der Waals surface area contributed by atoms with Crippen molar-refractivity contribution >= 4 is 51.8 Å². The second-order valence-electron chi connectivity index (χ2n) is 8.85. The third kappa shape index (κ3) is 4.04. The number of amides is 2. The molecule has 0 bridgehead atoms. The molecule has 2 aromatic heterocycles. The fraction of sp³-hybridized carbons (Fsp3) is 0.143. The van der Waals surface area contributed by atoms with Gasteiger partial charge in [0.15, 0.2) is 5.11 Å². The number of anilines is 1. The van der Waals surface area contributed by atoms with E-state index in [1.807, 2.05) is 76.2 Å². The largest absolute Gasteiger partial charge is 0.318 e. The maximum absolute atomic E-state index is 13.5. The number of benzene rings is 2. The molecule has 0 aliphatic carbocycles. The molecule has 1 aliphatic rings. The Kier molecular flexibility index (Phi) is 5.57. The van der Waals surface area contributed by atoms with Gasteiger partial charge in [0, 0.05) is 28.7 Å². The highest BCUT2D eigenvalue weighted by atomic mass is 32.1. The molecule has 1 fully saturated rings. The highest BCUT2D eigenvalue weighted by Crippen LogP contribution is 2.28. The first-order valence-corrected chi connectivity index (χ1v) is 11.7. The molecule has 35 heavy (non-hydrogen) atoms. The van der Waals surface area contributed by atoms with Crippen LogP contribution in [0.2, 0.25) is 0 Å². The minimum Gasteiger partial charge on any atom is -0.318 e. The number of hydrogen-bond donors (Lipinski definition) is 1. The Morgan fingerprint density at radius 2 is 1.66 bits per heavy atom. The van der Waals surface area contributed by atoms with E-state index >= 15 is 0 Å². The number of aromatic nitrogens is 2. The third-order valence-corrected chi connectivity index (χ3v) is 6.47. The van der Waals surface area contributed by atoms with Crippen LogP contribution in [0.5, 0.6) is 0 Å². The summed E-state index contributed by atoms with van der Waals surface area (Å²) in [6.45, 7) is 7.90. The highest BCUT2D eigenvalue weighted by Gasteiger charge is 2.35. The first-order chi connectivity index (χ1) is 16.7. The summed E-state index contributed by atoms with van der Waals surface area (Å²) in [5.74, 6) is -0.937. The van der Waals surface area contributed by atoms with E-state index in [9.17, 15) is 9.59 Å². The minimum absolute atomic E-state index is 0.0423. The number of pyridine rings is 1. The van der Waals surface area contributed by atoms with Crippen molar-refractivity contribution in [2.24, 2.45) is 0 Å². The number of carbonyl (C=O) groups is 2. The van der Waals surface area contributed by atoms with Crippen LogP contribution in [-0.4, -0.2) is 26.5 Å². The Morgan fingerprint density at radius 3 is 2.40 bits per heavy atom. The molecule has 174 valence electrons. The Labute approximate surface area is 208 Å². The third-order valence-electron chi connectivity index (χ3n) is 6.18. The van der Waals surface area contributed by atoms with Gasteiger partial charge in [-0.05, 0) is 105 Å². The Hall–Kier alpha value is -4.10. The van der Waals surface area contributed by atoms with E-state index < -0.39 is 11.8 Å². The standard InChI is InChI=1S/C28H24N4O2S/c1-16-10-17(2)12-23(11-16)32-27(34)24(26(33)30-28(32)35)15-21-13-18(3)31(19(21)4)22-7-8-25-20(14-22)6-5-9-29-25/h5-15H,1-4H3,(H,30,33,35)/b24-15+. The van der Waals surface area contributed by atoms with Gasteiger partial charge in [0.05, 0.1) is 11.2 Å². The molecule has 7 heteroatoms. The van der Waals surface area contributed by atoms with E-state index in [1.54, 1.807) is 12.3 Å². The Bertz CT molecular complexity index is 1560. The van der Waals surface area contributed by atoms with Gasteiger partial charge in [-0.1, -0.05) is 12.1 Å². The van der Waals surface area contributed by atoms with Gasteiger partial charge in [-0.15, -0.1) is 0 Å². The molecule has 1 aliphatic heterocycles. The quantitative estimate of drug-likeness (QED) is 0.252. The van der Waals surface area contributed by atoms with E-state index in [2.05, 4.69) is 20.9 Å². The average molecular weight is 481 g/mol. The lowest BCUT2D eigenvalue weighted by molar-refractivity contribution is -0.122. The summed E-state index contributed by atoms with van der Waals surface area (Å²) in [5, 5.41) is 3.80. The number of rotatable bonds is 3. The van der Waals surface area contributed by atoms with Gasteiger partial charge in [0.2, 0.25) is 0 Å². The second-order valence-corrected chi connectivity index (χ2v) is 9.23. The number of fused-ring (bicyclic) bond motifs is 1. The fourth-order valence-electron chi connectivity index (χ4n) is 4.66. The zero-order chi connectivity index (χ0) is 24.9. The molecule has 3 heterocycles. The molecular weight excluding hydrogens is 456 g/mol. The fourth-order valence-corrected chi connectivity index (χ4v) is 4.94. The summed E-state index contributed by atoms with van der Waals surface area (Å²) in [5.41, 5.74) is 7.31. The van der Waals surface area contributed by atoms with Crippen molar-refractivity contribution in [1.82, 2.24) is 14.9 Å². The molecule has 6 nitrogen and oxygen atoms in total. The smallest absolute Gasteiger partial charge is 0.270 e. The number of nitrogens with zero attached hydrogens (tertiary/aromatic N) is 3. The van der Waals surface area contributed by atoms with Crippen LogP contribution in [0.25, 0.3) is 22.7 Å². The number of thiocarbonyl (C=S) groups is 1. The Morgan fingerprint density at radius 1 is 0.914 bits per heavy atom. The summed E-state index contributed by atoms with van der Waals surface area (Å²) >= 11 is 5.36. The van der Waals surface area contributed by atoms with Crippen molar-refractivity contribution in [3.05, 3.63) is 94.4 Å². The van der Waals surface area contributed by atoms with Crippen LogP contribution < -0.4 is 10.2 Å². The lowest BCUT2D eigenvalue weighted by atomic mass is 10.1. The maximum atomic E-state index is 13.5. The van der Waals surface area contributed by atoms with Gasteiger partial charge in [-0.2, -0.15) is 0 Å². The van der Waals surface area contributed by atoms with Crippen molar-refractivity contribution < 1.29 is 9.59 Å². The van der Waals surface area contributed by atoms with Gasteiger partial charge in [-0.3, -0.25) is 24.8 Å². The van der Waals surface area contributed by atoms with Crippen molar-refractivity contribution in [2.45, 2.75) is 27.7 Å². The Balaban J connectivity index is 1.57. The average Bonchev–Trinajstić information content (AvgIpc) is 3.08. The van der Waals surface area contributed by atoms with Gasteiger partial charge >= 0.3 is 0 Å². The van der Waals surface area contributed by atoms with E-state index in [4.69, 9.17) is 12.2 Å². The van der Waals surface area contributed by atoms with Gasteiger partial charge in [0.25, 0.3) is 11.8 Å². The molecule has 1 N–H and O–H groups in total. The van der Waals surface area contributed by atoms with Crippen LogP contribution in [0.4, 0.5) is 5.69 Å². The number of carbonyl (C=O) groups excluding carboxylic acids is 2. The normalized spacial score (nSPS) is 15.3. The summed E-state index contributed by atoms with van der Waals surface area (Å²) in [6.07, 6.45) is 3.42. The van der Waals surface area contributed by atoms with Crippen molar-refractivity contribution in [2.75, 3.05) is 4.90 Å². The molecule has 0 radical (unpaired) electrons. The van der Waals surface area contributed by atoms with Crippen LogP contribution >= 0.6 is 12.2 Å². The molecule has 2 amide bonds. The summed E-state index contributed by atoms with van der Waals surface area (Å²) in [6, 6.07) is 17.8. The van der Waals surface area contributed by atoms with Crippen LogP contribution in [0, 0.1) is 27.7 Å². The van der Waals surface area contributed by atoms with Crippen LogP contribution in [0.3, 0.4) is 0 Å². The van der Waals surface area contributed by atoms with Gasteiger partial charge < -0.3 is 4.57 Å². The molecule has 2 aromatic carbocycles. The first-order valence-electron chi connectivity index (χ1n) is 11.3. The summed E-state index contributed by atoms with van der Waals surface area (Å²) in [7, 11) is 0. The van der Waals surface area contributed by atoms with Gasteiger partial charge in [0.1, 0.15) is 5.57 Å². The highest BCUT2D eigenvalue weighted by molar-refractivity contribution is 7.80. The van der Waals surface area contributed by atoms with Gasteiger partial charge in [-0.25, -0.2) is 0 Å². The monoisotopic (exact) mass is 480 g/mol. The predicted molar refractivity (Wildman–Crippen MR) is 143 cm³/mol. The van der Waals surface area contributed by atoms with Crippen LogP contribution in [0.1, 0.15) is 28.1 Å². The molecule has 0 saturated carbocycles. The first kappa shape index (κ1) is 22.7. The lowest BCUT2D eigenvalue weighted by Crippen LogP contribution is -2.54. The second kappa shape index (κ2) is 8.60. The maximum Gasteiger partial charge on any atom is 0.270 e. The molecule has 0 unspecified atom stereocenters. The number of hydrogen-bond acceptors (Lipinski definition) is 4. The molecule has 1 saturated heterocycles. The zero-order valence-electron chi connectivity index (χ0n) is 19.9. The van der Waals surface area contributed by atoms with Crippen molar-refractivity contribution in [3.8, 4) is 5.69 Å². The zero-order valence-corrected chi connectivity index (χ0v) is 20.7. The molecular formula is C28H24N4O2S. The van der Waals surface area contributed by atoms with Crippen molar-refractivity contribution in [1.29, 1.82) is 0 Å². The molecule has 4 aromatic rings. The van der Waals surface area contributed by atoms with E-state index in [1.165, 1.54) is 4.90 Å². The summed E-state index contributed by atoms with van der Waals surface area (Å²) in [4.78, 5) is 32.1. The van der Waals surface area contributed by atoms with Crippen molar-refractivity contribution in [3.63, 3.8) is 0 Å².